The van der Waals surface area contributed by atoms with Gasteiger partial charge in [0.05, 0.1) is 13.2 Å². The molecule has 1 heterocycles. The van der Waals surface area contributed by atoms with Crippen LogP contribution in [0.4, 0.5) is 0 Å². The highest BCUT2D eigenvalue weighted by Gasteiger charge is 2.22. The van der Waals surface area contributed by atoms with Crippen LogP contribution in [0.1, 0.15) is 12.0 Å². The van der Waals surface area contributed by atoms with Gasteiger partial charge in [0.15, 0.2) is 0 Å². The lowest BCUT2D eigenvalue weighted by molar-refractivity contribution is 0.0692. The van der Waals surface area contributed by atoms with Crippen LogP contribution >= 0.6 is 15.9 Å². The van der Waals surface area contributed by atoms with Gasteiger partial charge in [0.25, 0.3) is 0 Å². The predicted molar refractivity (Wildman–Crippen MR) is 82.4 cm³/mol. The summed E-state index contributed by atoms with van der Waals surface area (Å²) in [4.78, 5) is 0. The Kier molecular flexibility index (Phi) is 6.79. The van der Waals surface area contributed by atoms with Crippen LogP contribution < -0.4 is 10.1 Å². The van der Waals surface area contributed by atoms with E-state index in [1.165, 1.54) is 5.56 Å². The maximum Gasteiger partial charge on any atom is 0.123 e. The Balaban J connectivity index is 1.54. The van der Waals surface area contributed by atoms with Gasteiger partial charge in [0, 0.05) is 31.2 Å². The largest absolute Gasteiger partial charge is 0.488 e. The fourth-order valence-corrected chi connectivity index (χ4v) is 2.62. The van der Waals surface area contributed by atoms with Crippen molar-refractivity contribution in [3.05, 3.63) is 28.2 Å². The van der Waals surface area contributed by atoms with Gasteiger partial charge < -0.3 is 19.5 Å². The zero-order valence-electron chi connectivity index (χ0n) is 11.9. The lowest BCUT2D eigenvalue weighted by Gasteiger charge is -2.11. The zero-order chi connectivity index (χ0) is 14.2. The molecule has 0 saturated heterocycles. The number of methoxy groups -OCH3 is 1. The molecule has 5 heteroatoms. The normalized spacial score (nSPS) is 17.0. The molecular weight excluding hydrogens is 322 g/mol. The van der Waals surface area contributed by atoms with Crippen LogP contribution in [0.15, 0.2) is 22.7 Å². The highest BCUT2D eigenvalue weighted by Crippen LogP contribution is 2.30. The minimum Gasteiger partial charge on any atom is -0.488 e. The highest BCUT2D eigenvalue weighted by molar-refractivity contribution is 9.10. The van der Waals surface area contributed by atoms with E-state index in [2.05, 4.69) is 27.3 Å². The van der Waals surface area contributed by atoms with Gasteiger partial charge in [-0.25, -0.2) is 0 Å². The van der Waals surface area contributed by atoms with Crippen LogP contribution in [0.3, 0.4) is 0 Å². The highest BCUT2D eigenvalue weighted by atomic mass is 79.9. The molecule has 20 heavy (non-hydrogen) atoms. The van der Waals surface area contributed by atoms with Crippen molar-refractivity contribution in [2.45, 2.75) is 18.9 Å². The first kappa shape index (κ1) is 15.8. The molecule has 1 aromatic carbocycles. The maximum absolute atomic E-state index is 5.89. The molecule has 1 atom stereocenters. The first-order valence-electron chi connectivity index (χ1n) is 7.02. The Morgan fingerprint density at radius 1 is 1.35 bits per heavy atom. The van der Waals surface area contributed by atoms with Gasteiger partial charge in [0.2, 0.25) is 0 Å². The summed E-state index contributed by atoms with van der Waals surface area (Å²) in [6.07, 6.45) is 2.23. The molecule has 0 aliphatic carbocycles. The summed E-state index contributed by atoms with van der Waals surface area (Å²) in [6.45, 7) is 3.94. The molecule has 0 spiro atoms. The molecule has 0 amide bonds. The number of ether oxygens (including phenoxy) is 3. The summed E-state index contributed by atoms with van der Waals surface area (Å²) >= 11 is 3.49. The predicted octanol–water partition coefficient (Wildman–Crippen LogP) is 2.40. The van der Waals surface area contributed by atoms with Crippen LogP contribution in [-0.4, -0.2) is 46.1 Å². The Morgan fingerprint density at radius 3 is 3.10 bits per heavy atom. The molecular formula is C15H22BrNO3. The second-order valence-electron chi connectivity index (χ2n) is 4.86. The molecule has 0 saturated carbocycles. The quantitative estimate of drug-likeness (QED) is 0.699. The van der Waals surface area contributed by atoms with Gasteiger partial charge in [-0.05, 0) is 36.7 Å². The third-order valence-electron chi connectivity index (χ3n) is 3.21. The van der Waals surface area contributed by atoms with E-state index < -0.39 is 0 Å². The summed E-state index contributed by atoms with van der Waals surface area (Å²) in [5.41, 5.74) is 1.29. The molecule has 0 bridgehead atoms. The molecule has 1 aliphatic rings. The van der Waals surface area contributed by atoms with Crippen LogP contribution in [0.25, 0.3) is 0 Å². The Hall–Kier alpha value is -0.620. The van der Waals surface area contributed by atoms with Gasteiger partial charge in [-0.15, -0.1) is 0 Å². The Bertz CT molecular complexity index is 414. The number of halogens is 1. The summed E-state index contributed by atoms with van der Waals surface area (Å²) < 4.78 is 17.3. The average Bonchev–Trinajstić information content (AvgIpc) is 2.83. The first-order valence-corrected chi connectivity index (χ1v) is 7.81. The van der Waals surface area contributed by atoms with E-state index in [9.17, 15) is 0 Å². The number of hydrogen-bond donors (Lipinski definition) is 1. The number of nitrogens with one attached hydrogen (secondary N) is 1. The van der Waals surface area contributed by atoms with E-state index in [1.54, 1.807) is 7.11 Å². The van der Waals surface area contributed by atoms with Crippen LogP contribution in [0, 0.1) is 0 Å². The lowest BCUT2D eigenvalue weighted by atomic mass is 10.1. The molecule has 112 valence electrons. The summed E-state index contributed by atoms with van der Waals surface area (Å²) in [6, 6.07) is 6.19. The summed E-state index contributed by atoms with van der Waals surface area (Å²) in [7, 11) is 1.68. The van der Waals surface area contributed by atoms with Crippen LogP contribution in [-0.2, 0) is 15.9 Å². The van der Waals surface area contributed by atoms with Crippen molar-refractivity contribution in [2.24, 2.45) is 0 Å². The minimum atomic E-state index is 0.244. The van der Waals surface area contributed by atoms with E-state index >= 15 is 0 Å². The van der Waals surface area contributed by atoms with Crippen molar-refractivity contribution in [3.8, 4) is 5.75 Å². The van der Waals surface area contributed by atoms with Crippen molar-refractivity contribution in [1.29, 1.82) is 0 Å². The maximum atomic E-state index is 5.89. The van der Waals surface area contributed by atoms with E-state index in [0.717, 1.165) is 42.8 Å². The number of benzene rings is 1. The van der Waals surface area contributed by atoms with Crippen molar-refractivity contribution in [2.75, 3.05) is 40.0 Å². The van der Waals surface area contributed by atoms with Crippen molar-refractivity contribution < 1.29 is 14.2 Å². The number of fused-ring (bicyclic) bond motifs is 1. The smallest absolute Gasteiger partial charge is 0.123 e. The number of hydrogen-bond acceptors (Lipinski definition) is 4. The molecule has 2 rings (SSSR count). The molecule has 1 aliphatic heterocycles. The summed E-state index contributed by atoms with van der Waals surface area (Å²) in [5.74, 6) is 1.02. The van der Waals surface area contributed by atoms with Gasteiger partial charge in [-0.3, -0.25) is 0 Å². The van der Waals surface area contributed by atoms with Crippen LogP contribution in [0.5, 0.6) is 5.75 Å². The fraction of sp³-hybridized carbons (Fsp3) is 0.600. The third kappa shape index (κ3) is 5.05. The molecule has 1 aromatic rings. The van der Waals surface area contributed by atoms with E-state index in [0.29, 0.717) is 13.2 Å². The second kappa shape index (κ2) is 8.62. The van der Waals surface area contributed by atoms with E-state index in [4.69, 9.17) is 14.2 Å². The minimum absolute atomic E-state index is 0.244. The summed E-state index contributed by atoms with van der Waals surface area (Å²) in [5, 5.41) is 3.42. The molecule has 4 nitrogen and oxygen atoms in total. The van der Waals surface area contributed by atoms with Gasteiger partial charge in [-0.2, -0.15) is 0 Å². The number of rotatable bonds is 9. The van der Waals surface area contributed by atoms with Crippen molar-refractivity contribution in [1.82, 2.24) is 5.32 Å². The fourth-order valence-electron chi connectivity index (χ4n) is 2.21. The molecule has 0 fully saturated rings. The van der Waals surface area contributed by atoms with Crippen molar-refractivity contribution in [3.63, 3.8) is 0 Å². The molecule has 1 unspecified atom stereocenters. The van der Waals surface area contributed by atoms with E-state index in [1.807, 2.05) is 12.1 Å². The molecule has 0 aromatic heterocycles. The lowest BCUT2D eigenvalue weighted by Crippen LogP contribution is -2.31. The topological polar surface area (TPSA) is 39.7 Å². The van der Waals surface area contributed by atoms with Crippen molar-refractivity contribution >= 4 is 15.9 Å². The Morgan fingerprint density at radius 2 is 2.25 bits per heavy atom. The SMILES string of the molecule is COCCOCCCNCC1Cc2cc(Br)ccc2O1. The van der Waals surface area contributed by atoms with Gasteiger partial charge >= 0.3 is 0 Å². The zero-order valence-corrected chi connectivity index (χ0v) is 13.4. The van der Waals surface area contributed by atoms with E-state index in [-0.39, 0.29) is 6.10 Å². The first-order chi connectivity index (χ1) is 9.79. The Labute approximate surface area is 128 Å². The average molecular weight is 344 g/mol. The third-order valence-corrected chi connectivity index (χ3v) is 3.70. The standard InChI is InChI=1S/C15H22BrNO3/c1-18-7-8-19-6-2-5-17-11-14-10-12-9-13(16)3-4-15(12)20-14/h3-4,9,14,17H,2,5-8,10-11H2,1H3. The molecule has 1 N–H and O–H groups in total. The van der Waals surface area contributed by atoms with Gasteiger partial charge in [-0.1, -0.05) is 15.9 Å². The molecule has 0 radical (unpaired) electrons. The van der Waals surface area contributed by atoms with Gasteiger partial charge in [0.1, 0.15) is 11.9 Å². The monoisotopic (exact) mass is 343 g/mol. The van der Waals surface area contributed by atoms with Crippen LogP contribution in [0.2, 0.25) is 0 Å². The second-order valence-corrected chi connectivity index (χ2v) is 5.77.